The number of rotatable bonds is 5. The number of ether oxygens (including phenoxy) is 1. The van der Waals surface area contributed by atoms with Crippen molar-refractivity contribution in [2.24, 2.45) is 5.41 Å². The smallest absolute Gasteiger partial charge is 0.0897 e. The molecule has 0 amide bonds. The summed E-state index contributed by atoms with van der Waals surface area (Å²) < 4.78 is 5.87. The number of hydrogen-bond donors (Lipinski definition) is 1. The molecule has 0 aliphatic heterocycles. The average Bonchev–Trinajstić information content (AvgIpc) is 2.66. The van der Waals surface area contributed by atoms with Crippen molar-refractivity contribution in [2.75, 3.05) is 6.61 Å². The average molecular weight is 266 g/mol. The topological polar surface area (TPSA) is 34.1 Å². The minimum atomic E-state index is 0.459. The molecule has 2 aliphatic carbocycles. The molecule has 2 saturated carbocycles. The van der Waals surface area contributed by atoms with Crippen molar-refractivity contribution in [1.82, 2.24) is 10.3 Å². The fraction of sp³-hybridized carbons (Fsp3) is 0.786. The summed E-state index contributed by atoms with van der Waals surface area (Å²) in [7, 11) is 0. The molecule has 3 rings (SSSR count). The molecular weight excluding hydrogens is 244 g/mol. The molecule has 2 unspecified atom stereocenters. The van der Waals surface area contributed by atoms with Crippen molar-refractivity contribution in [3.05, 3.63) is 16.1 Å². The van der Waals surface area contributed by atoms with Crippen LogP contribution in [-0.4, -0.2) is 23.7 Å². The van der Waals surface area contributed by atoms with Gasteiger partial charge in [-0.25, -0.2) is 4.98 Å². The second-order valence-corrected chi connectivity index (χ2v) is 6.62. The Kier molecular flexibility index (Phi) is 3.43. The van der Waals surface area contributed by atoms with E-state index in [1.54, 1.807) is 11.3 Å². The zero-order chi connectivity index (χ0) is 12.6. The number of aromatic nitrogens is 1. The van der Waals surface area contributed by atoms with Gasteiger partial charge in [0.05, 0.1) is 16.8 Å². The van der Waals surface area contributed by atoms with Crippen LogP contribution in [0.4, 0.5) is 0 Å². The Morgan fingerprint density at radius 3 is 2.94 bits per heavy atom. The van der Waals surface area contributed by atoms with Gasteiger partial charge in [0.2, 0.25) is 0 Å². The van der Waals surface area contributed by atoms with Gasteiger partial charge in [0.25, 0.3) is 0 Å². The van der Waals surface area contributed by atoms with Crippen LogP contribution < -0.4 is 5.32 Å². The summed E-state index contributed by atoms with van der Waals surface area (Å²) in [6, 6.07) is 0.643. The molecule has 0 bridgehead atoms. The highest BCUT2D eigenvalue weighted by Gasteiger charge is 2.58. The summed E-state index contributed by atoms with van der Waals surface area (Å²) in [4.78, 5) is 4.51. The summed E-state index contributed by atoms with van der Waals surface area (Å²) in [5, 5.41) is 7.01. The summed E-state index contributed by atoms with van der Waals surface area (Å²) in [6.45, 7) is 5.93. The molecule has 0 radical (unpaired) electrons. The maximum Gasteiger partial charge on any atom is 0.0897 e. The van der Waals surface area contributed by atoms with Crippen molar-refractivity contribution in [2.45, 2.75) is 58.2 Å². The van der Waals surface area contributed by atoms with Crippen molar-refractivity contribution < 1.29 is 4.74 Å². The van der Waals surface area contributed by atoms with Gasteiger partial charge in [-0.05, 0) is 33.1 Å². The molecule has 2 atom stereocenters. The van der Waals surface area contributed by atoms with E-state index in [-0.39, 0.29) is 0 Å². The number of hydrogen-bond acceptors (Lipinski definition) is 4. The molecule has 4 heteroatoms. The highest BCUT2D eigenvalue weighted by molar-refractivity contribution is 7.09. The molecule has 1 spiro atoms. The molecule has 18 heavy (non-hydrogen) atoms. The van der Waals surface area contributed by atoms with E-state index in [1.807, 2.05) is 0 Å². The van der Waals surface area contributed by atoms with Crippen molar-refractivity contribution in [3.8, 4) is 0 Å². The van der Waals surface area contributed by atoms with Crippen LogP contribution in [0.25, 0.3) is 0 Å². The van der Waals surface area contributed by atoms with Crippen LogP contribution in [0.15, 0.2) is 5.38 Å². The molecule has 3 nitrogen and oxygen atoms in total. The lowest BCUT2D eigenvalue weighted by Gasteiger charge is -2.61. The Bertz CT molecular complexity index is 414. The summed E-state index contributed by atoms with van der Waals surface area (Å²) >= 11 is 1.73. The fourth-order valence-corrected chi connectivity index (χ4v) is 4.05. The van der Waals surface area contributed by atoms with Crippen LogP contribution in [-0.2, 0) is 11.3 Å². The Labute approximate surface area is 113 Å². The third-order valence-corrected chi connectivity index (χ3v) is 5.46. The van der Waals surface area contributed by atoms with E-state index in [4.69, 9.17) is 4.74 Å². The number of nitrogens with one attached hydrogen (secondary N) is 1. The van der Waals surface area contributed by atoms with Gasteiger partial charge in [-0.2, -0.15) is 0 Å². The molecular formula is C14H22N2OS. The number of aryl methyl sites for hydroxylation is 1. The van der Waals surface area contributed by atoms with Crippen molar-refractivity contribution >= 4 is 11.3 Å². The Hall–Kier alpha value is -0.450. The van der Waals surface area contributed by atoms with E-state index in [0.29, 0.717) is 17.6 Å². The minimum Gasteiger partial charge on any atom is -0.378 e. The normalized spacial score (nSPS) is 29.0. The monoisotopic (exact) mass is 266 g/mol. The lowest BCUT2D eigenvalue weighted by molar-refractivity contribution is -0.173. The predicted octanol–water partition coefficient (Wildman–Crippen LogP) is 2.89. The van der Waals surface area contributed by atoms with E-state index < -0.39 is 0 Å². The molecule has 2 fully saturated rings. The second kappa shape index (κ2) is 4.91. The maximum absolute atomic E-state index is 5.87. The van der Waals surface area contributed by atoms with Crippen LogP contribution in [0.1, 0.15) is 43.3 Å². The van der Waals surface area contributed by atoms with E-state index in [2.05, 4.69) is 29.5 Å². The minimum absolute atomic E-state index is 0.459. The van der Waals surface area contributed by atoms with Crippen molar-refractivity contribution in [1.29, 1.82) is 0 Å². The summed E-state index contributed by atoms with van der Waals surface area (Å²) in [5.41, 5.74) is 1.65. The van der Waals surface area contributed by atoms with E-state index in [0.717, 1.165) is 18.2 Å². The maximum atomic E-state index is 5.87. The first-order chi connectivity index (χ1) is 8.74. The lowest BCUT2D eigenvalue weighted by Crippen LogP contribution is -2.66. The van der Waals surface area contributed by atoms with Gasteiger partial charge in [0.15, 0.2) is 0 Å². The van der Waals surface area contributed by atoms with Gasteiger partial charge in [0, 0.05) is 30.0 Å². The quantitative estimate of drug-likeness (QED) is 0.890. The van der Waals surface area contributed by atoms with Gasteiger partial charge in [-0.1, -0.05) is 6.42 Å². The SMILES string of the molecule is CCOC1CC(NCc2csc(C)n2)C12CCC2. The number of nitrogens with zero attached hydrogens (tertiary/aromatic N) is 1. The molecule has 1 N–H and O–H groups in total. The van der Waals surface area contributed by atoms with Crippen LogP contribution in [0.2, 0.25) is 0 Å². The zero-order valence-corrected chi connectivity index (χ0v) is 12.1. The fourth-order valence-electron chi connectivity index (χ4n) is 3.44. The second-order valence-electron chi connectivity index (χ2n) is 5.56. The highest BCUT2D eigenvalue weighted by atomic mass is 32.1. The Balaban J connectivity index is 1.55. The van der Waals surface area contributed by atoms with Gasteiger partial charge >= 0.3 is 0 Å². The Morgan fingerprint density at radius 1 is 1.56 bits per heavy atom. The molecule has 0 saturated heterocycles. The lowest BCUT2D eigenvalue weighted by atomic mass is 9.51. The summed E-state index contributed by atoms with van der Waals surface area (Å²) in [6.07, 6.45) is 5.73. The van der Waals surface area contributed by atoms with Crippen LogP contribution >= 0.6 is 11.3 Å². The number of thiazole rings is 1. The van der Waals surface area contributed by atoms with Gasteiger partial charge < -0.3 is 10.1 Å². The van der Waals surface area contributed by atoms with Gasteiger partial charge in [-0.3, -0.25) is 0 Å². The van der Waals surface area contributed by atoms with Crippen LogP contribution in [0.5, 0.6) is 0 Å². The van der Waals surface area contributed by atoms with E-state index in [1.165, 1.54) is 31.4 Å². The molecule has 1 aromatic rings. The van der Waals surface area contributed by atoms with Crippen molar-refractivity contribution in [3.63, 3.8) is 0 Å². The van der Waals surface area contributed by atoms with Gasteiger partial charge in [0.1, 0.15) is 0 Å². The van der Waals surface area contributed by atoms with E-state index in [9.17, 15) is 0 Å². The Morgan fingerprint density at radius 2 is 2.39 bits per heavy atom. The largest absolute Gasteiger partial charge is 0.378 e. The highest BCUT2D eigenvalue weighted by Crippen LogP contribution is 2.57. The molecule has 100 valence electrons. The molecule has 0 aromatic carbocycles. The zero-order valence-electron chi connectivity index (χ0n) is 11.2. The predicted molar refractivity (Wildman–Crippen MR) is 73.8 cm³/mol. The third-order valence-electron chi connectivity index (χ3n) is 4.63. The first-order valence-electron chi connectivity index (χ1n) is 7.00. The van der Waals surface area contributed by atoms with Gasteiger partial charge in [-0.15, -0.1) is 11.3 Å². The first kappa shape index (κ1) is 12.6. The summed E-state index contributed by atoms with van der Waals surface area (Å²) in [5.74, 6) is 0. The third kappa shape index (κ3) is 2.00. The van der Waals surface area contributed by atoms with E-state index >= 15 is 0 Å². The molecule has 2 aliphatic rings. The molecule has 1 aromatic heterocycles. The molecule has 1 heterocycles. The van der Waals surface area contributed by atoms with Crippen LogP contribution in [0.3, 0.4) is 0 Å². The standard InChI is InChI=1S/C14H22N2OS/c1-3-17-13-7-12(14(13)5-4-6-14)15-8-11-9-18-10(2)16-11/h9,12-13,15H,3-8H2,1-2H3. The first-order valence-corrected chi connectivity index (χ1v) is 7.88. The van der Waals surface area contributed by atoms with Crippen LogP contribution in [0, 0.1) is 12.3 Å².